The monoisotopic (exact) mass is 330 g/mol. The molecule has 1 aromatic heterocycles. The van der Waals surface area contributed by atoms with Gasteiger partial charge in [-0.3, -0.25) is 4.68 Å². The molecule has 0 aliphatic carbocycles. The summed E-state index contributed by atoms with van der Waals surface area (Å²) in [5.41, 5.74) is 1.82. The Bertz CT molecular complexity index is 751. The van der Waals surface area contributed by atoms with E-state index in [9.17, 15) is 5.11 Å². The van der Waals surface area contributed by atoms with Crippen molar-refractivity contribution in [2.45, 2.75) is 12.5 Å². The summed E-state index contributed by atoms with van der Waals surface area (Å²) in [4.78, 5) is 0. The zero-order chi connectivity index (χ0) is 14.1. The molecule has 3 aromatic rings. The Hall–Kier alpha value is -1.65. The molecule has 0 saturated heterocycles. The van der Waals surface area contributed by atoms with Crippen LogP contribution in [0.2, 0.25) is 0 Å². The summed E-state index contributed by atoms with van der Waals surface area (Å²) in [6.07, 6.45) is 1.89. The number of benzene rings is 2. The van der Waals surface area contributed by atoms with E-state index >= 15 is 0 Å². The van der Waals surface area contributed by atoms with Crippen molar-refractivity contribution in [3.05, 3.63) is 64.4 Å². The van der Waals surface area contributed by atoms with Crippen LogP contribution in [0.5, 0.6) is 0 Å². The van der Waals surface area contributed by atoms with Gasteiger partial charge in [-0.15, -0.1) is 0 Å². The Balaban J connectivity index is 1.87. The summed E-state index contributed by atoms with van der Waals surface area (Å²) in [5, 5.41) is 16.9. The van der Waals surface area contributed by atoms with Crippen molar-refractivity contribution in [2.24, 2.45) is 7.05 Å². The number of fused-ring (bicyclic) bond motifs is 1. The van der Waals surface area contributed by atoms with Gasteiger partial charge in [-0.25, -0.2) is 0 Å². The highest BCUT2D eigenvalue weighted by Gasteiger charge is 2.11. The van der Waals surface area contributed by atoms with Gasteiger partial charge in [0.05, 0.1) is 11.8 Å². The highest BCUT2D eigenvalue weighted by Crippen LogP contribution is 2.25. The van der Waals surface area contributed by atoms with Crippen LogP contribution in [-0.4, -0.2) is 14.9 Å². The van der Waals surface area contributed by atoms with Crippen LogP contribution < -0.4 is 0 Å². The second-order valence-corrected chi connectivity index (χ2v) is 5.87. The van der Waals surface area contributed by atoms with E-state index < -0.39 is 6.10 Å². The number of aryl methyl sites for hydroxylation is 1. The van der Waals surface area contributed by atoms with E-state index in [1.807, 2.05) is 43.6 Å². The molecule has 1 N–H and O–H groups in total. The molecule has 3 nitrogen and oxygen atoms in total. The first-order chi connectivity index (χ1) is 9.61. The van der Waals surface area contributed by atoms with E-state index in [1.54, 1.807) is 4.68 Å². The number of hydrogen-bond acceptors (Lipinski definition) is 2. The molecule has 4 heteroatoms. The molecule has 3 rings (SSSR count). The second kappa shape index (κ2) is 5.38. The third kappa shape index (κ3) is 2.76. The Morgan fingerprint density at radius 2 is 1.90 bits per heavy atom. The zero-order valence-corrected chi connectivity index (χ0v) is 12.7. The lowest BCUT2D eigenvalue weighted by molar-refractivity contribution is 0.177. The average molecular weight is 331 g/mol. The normalized spacial score (nSPS) is 12.8. The van der Waals surface area contributed by atoms with E-state index in [0.29, 0.717) is 6.42 Å². The van der Waals surface area contributed by atoms with E-state index in [-0.39, 0.29) is 0 Å². The lowest BCUT2D eigenvalue weighted by Crippen LogP contribution is -2.03. The smallest absolute Gasteiger partial charge is 0.0846 e. The van der Waals surface area contributed by atoms with Gasteiger partial charge in [0.2, 0.25) is 0 Å². The molecule has 0 radical (unpaired) electrons. The molecule has 0 amide bonds. The summed E-state index contributed by atoms with van der Waals surface area (Å²) >= 11 is 3.47. The first-order valence-corrected chi connectivity index (χ1v) is 7.27. The molecule has 0 aliphatic rings. The molecular formula is C16H15BrN2O. The second-order valence-electron chi connectivity index (χ2n) is 4.95. The molecule has 20 heavy (non-hydrogen) atoms. The Kier molecular flexibility index (Phi) is 3.59. The van der Waals surface area contributed by atoms with Crippen molar-refractivity contribution in [3.63, 3.8) is 0 Å². The van der Waals surface area contributed by atoms with Crippen LogP contribution in [0, 0.1) is 0 Å². The van der Waals surface area contributed by atoms with Crippen LogP contribution in [0.15, 0.2) is 53.1 Å². The third-order valence-corrected chi connectivity index (χ3v) is 3.88. The first-order valence-electron chi connectivity index (χ1n) is 6.47. The largest absolute Gasteiger partial charge is 0.388 e. The predicted octanol–water partition coefficient (Wildman–Crippen LogP) is 3.61. The summed E-state index contributed by atoms with van der Waals surface area (Å²) in [7, 11) is 1.88. The van der Waals surface area contributed by atoms with Crippen molar-refractivity contribution in [1.29, 1.82) is 0 Å². The molecule has 1 heterocycles. The quantitative estimate of drug-likeness (QED) is 0.796. The highest BCUT2D eigenvalue weighted by atomic mass is 79.9. The average Bonchev–Trinajstić information content (AvgIpc) is 2.83. The number of rotatable bonds is 3. The van der Waals surface area contributed by atoms with Crippen LogP contribution in [0.4, 0.5) is 0 Å². The fraction of sp³-hybridized carbons (Fsp3) is 0.188. The molecule has 102 valence electrons. The molecule has 1 atom stereocenters. The summed E-state index contributed by atoms with van der Waals surface area (Å²) < 4.78 is 2.81. The lowest BCUT2D eigenvalue weighted by Gasteiger charge is -2.10. The fourth-order valence-corrected chi connectivity index (χ4v) is 2.71. The van der Waals surface area contributed by atoms with Gasteiger partial charge in [0, 0.05) is 24.1 Å². The van der Waals surface area contributed by atoms with Gasteiger partial charge in [-0.2, -0.15) is 5.10 Å². The van der Waals surface area contributed by atoms with E-state index in [4.69, 9.17) is 0 Å². The number of halogens is 1. The van der Waals surface area contributed by atoms with Gasteiger partial charge in [0.1, 0.15) is 0 Å². The number of hydrogen-bond donors (Lipinski definition) is 1. The number of aliphatic hydroxyl groups excluding tert-OH is 1. The maximum Gasteiger partial charge on any atom is 0.0846 e. The minimum Gasteiger partial charge on any atom is -0.388 e. The maximum absolute atomic E-state index is 10.3. The van der Waals surface area contributed by atoms with Crippen LogP contribution in [0.25, 0.3) is 10.8 Å². The van der Waals surface area contributed by atoms with Crippen molar-refractivity contribution in [2.75, 3.05) is 0 Å². The molecular weight excluding hydrogens is 316 g/mol. The predicted molar refractivity (Wildman–Crippen MR) is 83.5 cm³/mol. The van der Waals surface area contributed by atoms with Gasteiger partial charge in [0.25, 0.3) is 0 Å². The Morgan fingerprint density at radius 3 is 2.65 bits per heavy atom. The number of aromatic nitrogens is 2. The lowest BCUT2D eigenvalue weighted by atomic mass is 10.0. The molecule has 0 spiro atoms. The summed E-state index contributed by atoms with van der Waals surface area (Å²) in [5.74, 6) is 0. The van der Waals surface area contributed by atoms with Gasteiger partial charge in [-0.05, 0) is 40.6 Å². The topological polar surface area (TPSA) is 38.0 Å². The molecule has 2 aromatic carbocycles. The van der Waals surface area contributed by atoms with Gasteiger partial charge in [0.15, 0.2) is 0 Å². The molecule has 0 bridgehead atoms. The standard InChI is InChI=1S/C16H15BrN2O/c1-19-7-6-15(18-19)10-16(20)13-3-2-12-9-14(17)5-4-11(12)8-13/h2-9,16,20H,10H2,1H3. The minimum absolute atomic E-state index is 0.530. The van der Waals surface area contributed by atoms with Gasteiger partial charge in [-0.1, -0.05) is 34.1 Å². The summed E-state index contributed by atoms with van der Waals surface area (Å²) in [6, 6.07) is 14.1. The Morgan fingerprint density at radius 1 is 1.15 bits per heavy atom. The number of nitrogens with zero attached hydrogens (tertiary/aromatic N) is 2. The minimum atomic E-state index is -0.530. The summed E-state index contributed by atoms with van der Waals surface area (Å²) in [6.45, 7) is 0. The van der Waals surface area contributed by atoms with Crippen molar-refractivity contribution < 1.29 is 5.11 Å². The van der Waals surface area contributed by atoms with Crippen LogP contribution in [0.1, 0.15) is 17.4 Å². The Labute approximate surface area is 126 Å². The third-order valence-electron chi connectivity index (χ3n) is 3.38. The maximum atomic E-state index is 10.3. The molecule has 1 unspecified atom stereocenters. The van der Waals surface area contributed by atoms with E-state index in [1.165, 1.54) is 0 Å². The molecule has 0 saturated carbocycles. The van der Waals surface area contributed by atoms with E-state index in [2.05, 4.69) is 33.2 Å². The van der Waals surface area contributed by atoms with E-state index in [0.717, 1.165) is 26.5 Å². The van der Waals surface area contributed by atoms with Crippen molar-refractivity contribution in [3.8, 4) is 0 Å². The molecule has 0 fully saturated rings. The van der Waals surface area contributed by atoms with Crippen LogP contribution in [0.3, 0.4) is 0 Å². The first kappa shape index (κ1) is 13.3. The van der Waals surface area contributed by atoms with Crippen LogP contribution >= 0.6 is 15.9 Å². The fourth-order valence-electron chi connectivity index (χ4n) is 2.33. The highest BCUT2D eigenvalue weighted by molar-refractivity contribution is 9.10. The molecule has 0 aliphatic heterocycles. The van der Waals surface area contributed by atoms with Gasteiger partial charge < -0.3 is 5.11 Å². The zero-order valence-electron chi connectivity index (χ0n) is 11.1. The number of aliphatic hydroxyl groups is 1. The van der Waals surface area contributed by atoms with Crippen molar-refractivity contribution >= 4 is 26.7 Å². The van der Waals surface area contributed by atoms with Crippen molar-refractivity contribution in [1.82, 2.24) is 9.78 Å². The SMILES string of the molecule is Cn1ccc(CC(O)c2ccc3cc(Br)ccc3c2)n1. The van der Waals surface area contributed by atoms with Crippen LogP contribution in [-0.2, 0) is 13.5 Å². The van der Waals surface area contributed by atoms with Gasteiger partial charge >= 0.3 is 0 Å².